The molecule has 0 amide bonds. The highest BCUT2D eigenvalue weighted by Crippen LogP contribution is 2.32. The molecule has 1 aliphatic rings. The minimum absolute atomic E-state index is 0.666. The Hall–Kier alpha value is -1.87. The van der Waals surface area contributed by atoms with E-state index in [0.717, 1.165) is 25.3 Å². The van der Waals surface area contributed by atoms with Gasteiger partial charge in [-0.3, -0.25) is 9.88 Å². The smallest absolute Gasteiger partial charge is 0.0543 e. The Morgan fingerprint density at radius 1 is 1.14 bits per heavy atom. The average molecular weight is 295 g/mol. The third-order valence-electron chi connectivity index (χ3n) is 4.79. The number of likely N-dealkylation sites (tertiary alicyclic amines) is 1. The van der Waals surface area contributed by atoms with Gasteiger partial charge in [0.05, 0.1) is 5.69 Å². The summed E-state index contributed by atoms with van der Waals surface area (Å²) in [4.78, 5) is 6.94. The van der Waals surface area contributed by atoms with Crippen molar-refractivity contribution in [3.8, 4) is 0 Å². The topological polar surface area (TPSA) is 42.2 Å². The van der Waals surface area contributed by atoms with Gasteiger partial charge in [0.1, 0.15) is 0 Å². The van der Waals surface area contributed by atoms with E-state index in [0.29, 0.717) is 5.92 Å². The number of benzene rings is 1. The van der Waals surface area contributed by atoms with E-state index in [9.17, 15) is 0 Å². The number of hydrogen-bond acceptors (Lipinski definition) is 3. The third kappa shape index (κ3) is 3.30. The zero-order valence-corrected chi connectivity index (χ0v) is 13.5. The maximum absolute atomic E-state index is 6.01. The highest BCUT2D eigenvalue weighted by molar-refractivity contribution is 5.52. The zero-order chi connectivity index (χ0) is 15.5. The van der Waals surface area contributed by atoms with E-state index < -0.39 is 0 Å². The zero-order valence-electron chi connectivity index (χ0n) is 13.5. The summed E-state index contributed by atoms with van der Waals surface area (Å²) in [6.45, 7) is 7.54. The van der Waals surface area contributed by atoms with Gasteiger partial charge in [0.25, 0.3) is 0 Å². The molecule has 1 aromatic heterocycles. The van der Waals surface area contributed by atoms with Crippen molar-refractivity contribution in [2.45, 2.75) is 39.2 Å². The van der Waals surface area contributed by atoms with Crippen molar-refractivity contribution in [1.29, 1.82) is 0 Å². The maximum atomic E-state index is 6.01. The molecule has 1 saturated heterocycles. The summed E-state index contributed by atoms with van der Waals surface area (Å²) in [5.41, 5.74) is 12.1. The van der Waals surface area contributed by atoms with Crippen molar-refractivity contribution >= 4 is 5.69 Å². The second-order valence-corrected chi connectivity index (χ2v) is 6.44. The second kappa shape index (κ2) is 6.49. The molecule has 0 unspecified atom stereocenters. The van der Waals surface area contributed by atoms with Gasteiger partial charge in [0.15, 0.2) is 0 Å². The number of pyridine rings is 1. The number of aryl methyl sites for hydroxylation is 2. The Balaban J connectivity index is 1.63. The van der Waals surface area contributed by atoms with Crippen molar-refractivity contribution in [2.24, 2.45) is 0 Å². The lowest BCUT2D eigenvalue weighted by Crippen LogP contribution is -2.32. The molecule has 0 aliphatic carbocycles. The number of piperidine rings is 1. The first-order valence-corrected chi connectivity index (χ1v) is 8.12. The van der Waals surface area contributed by atoms with Crippen LogP contribution in [0.15, 0.2) is 36.5 Å². The number of aromatic nitrogens is 1. The number of anilines is 1. The van der Waals surface area contributed by atoms with Gasteiger partial charge in [0.2, 0.25) is 0 Å². The molecule has 3 heteroatoms. The van der Waals surface area contributed by atoms with Crippen LogP contribution >= 0.6 is 0 Å². The van der Waals surface area contributed by atoms with Crippen LogP contribution in [0.2, 0.25) is 0 Å². The summed E-state index contributed by atoms with van der Waals surface area (Å²) >= 11 is 0. The molecule has 0 bridgehead atoms. The third-order valence-corrected chi connectivity index (χ3v) is 4.79. The Morgan fingerprint density at radius 2 is 1.91 bits per heavy atom. The van der Waals surface area contributed by atoms with Crippen molar-refractivity contribution in [2.75, 3.05) is 18.8 Å². The molecule has 2 N–H and O–H groups in total. The Morgan fingerprint density at radius 3 is 2.59 bits per heavy atom. The quantitative estimate of drug-likeness (QED) is 0.879. The fraction of sp³-hybridized carbons (Fsp3) is 0.421. The minimum atomic E-state index is 0.666. The van der Waals surface area contributed by atoms with E-state index in [1.807, 2.05) is 12.3 Å². The van der Waals surface area contributed by atoms with Crippen molar-refractivity contribution in [1.82, 2.24) is 9.88 Å². The van der Waals surface area contributed by atoms with E-state index in [4.69, 9.17) is 5.73 Å². The molecule has 2 aromatic rings. The molecule has 0 atom stereocenters. The van der Waals surface area contributed by atoms with E-state index >= 15 is 0 Å². The minimum Gasteiger partial charge on any atom is -0.399 e. The van der Waals surface area contributed by atoms with Crippen LogP contribution in [0.1, 0.15) is 41.1 Å². The summed E-state index contributed by atoms with van der Waals surface area (Å²) < 4.78 is 0. The maximum Gasteiger partial charge on any atom is 0.0543 e. The number of nitrogen functional groups attached to an aromatic ring is 1. The van der Waals surface area contributed by atoms with Crippen molar-refractivity contribution < 1.29 is 0 Å². The highest BCUT2D eigenvalue weighted by Gasteiger charge is 2.22. The highest BCUT2D eigenvalue weighted by atomic mass is 15.1. The first-order valence-electron chi connectivity index (χ1n) is 8.12. The Bertz CT molecular complexity index is 629. The molecule has 1 aromatic carbocycles. The van der Waals surface area contributed by atoms with Crippen LogP contribution in [0.25, 0.3) is 0 Å². The van der Waals surface area contributed by atoms with Crippen LogP contribution in [-0.2, 0) is 6.54 Å². The van der Waals surface area contributed by atoms with Crippen LogP contribution in [0, 0.1) is 13.8 Å². The lowest BCUT2D eigenvalue weighted by atomic mass is 9.85. The molecule has 3 nitrogen and oxygen atoms in total. The van der Waals surface area contributed by atoms with Crippen LogP contribution in [0.4, 0.5) is 5.69 Å². The van der Waals surface area contributed by atoms with Crippen molar-refractivity contribution in [3.63, 3.8) is 0 Å². The lowest BCUT2D eigenvalue weighted by Gasteiger charge is -2.32. The van der Waals surface area contributed by atoms with Gasteiger partial charge < -0.3 is 5.73 Å². The van der Waals surface area contributed by atoms with Gasteiger partial charge in [-0.2, -0.15) is 0 Å². The molecule has 3 rings (SSSR count). The predicted octanol–water partition coefficient (Wildman–Crippen LogP) is 3.66. The number of rotatable bonds is 3. The van der Waals surface area contributed by atoms with E-state index in [1.165, 1.54) is 35.2 Å². The summed E-state index contributed by atoms with van der Waals surface area (Å²) in [7, 11) is 0. The molecule has 116 valence electrons. The molecule has 1 fully saturated rings. The van der Waals surface area contributed by atoms with Crippen LogP contribution in [0.3, 0.4) is 0 Å². The van der Waals surface area contributed by atoms with Gasteiger partial charge in [0, 0.05) is 18.4 Å². The SMILES string of the molecule is Cc1cc(C2CCN(Cc3ccccn3)CC2)c(C)cc1N. The molecule has 0 spiro atoms. The predicted molar refractivity (Wildman–Crippen MR) is 91.8 cm³/mol. The summed E-state index contributed by atoms with van der Waals surface area (Å²) in [6, 6.07) is 10.6. The first-order chi connectivity index (χ1) is 10.6. The van der Waals surface area contributed by atoms with Gasteiger partial charge in [-0.1, -0.05) is 12.1 Å². The Kier molecular flexibility index (Phi) is 4.44. The van der Waals surface area contributed by atoms with E-state index in [-0.39, 0.29) is 0 Å². The number of nitrogens with two attached hydrogens (primary N) is 1. The van der Waals surface area contributed by atoms with E-state index in [2.05, 4.69) is 48.0 Å². The molecule has 0 saturated carbocycles. The average Bonchev–Trinajstić information content (AvgIpc) is 2.53. The van der Waals surface area contributed by atoms with Crippen LogP contribution in [0.5, 0.6) is 0 Å². The van der Waals surface area contributed by atoms with E-state index in [1.54, 1.807) is 0 Å². The normalized spacial score (nSPS) is 16.8. The summed E-state index contributed by atoms with van der Waals surface area (Å²) in [6.07, 6.45) is 4.32. The molecule has 0 radical (unpaired) electrons. The molecular formula is C19H25N3. The van der Waals surface area contributed by atoms with Crippen molar-refractivity contribution in [3.05, 3.63) is 58.9 Å². The molecule has 2 heterocycles. The lowest BCUT2D eigenvalue weighted by molar-refractivity contribution is 0.202. The fourth-order valence-corrected chi connectivity index (χ4v) is 3.42. The monoisotopic (exact) mass is 295 g/mol. The van der Waals surface area contributed by atoms with Gasteiger partial charge >= 0.3 is 0 Å². The Labute approximate surface area is 133 Å². The summed E-state index contributed by atoms with van der Waals surface area (Å²) in [5.74, 6) is 0.666. The molecule has 1 aliphatic heterocycles. The summed E-state index contributed by atoms with van der Waals surface area (Å²) in [5, 5.41) is 0. The number of nitrogens with zero attached hydrogens (tertiary/aromatic N) is 2. The fourth-order valence-electron chi connectivity index (χ4n) is 3.42. The molecular weight excluding hydrogens is 270 g/mol. The first kappa shape index (κ1) is 15.0. The van der Waals surface area contributed by atoms with Crippen LogP contribution < -0.4 is 5.73 Å². The number of hydrogen-bond donors (Lipinski definition) is 1. The standard InChI is InChI=1S/C19H25N3/c1-14-12-19(20)15(2)11-18(14)16-6-9-22(10-7-16)13-17-5-3-4-8-21-17/h3-5,8,11-12,16H,6-7,9-10,13,20H2,1-2H3. The second-order valence-electron chi connectivity index (χ2n) is 6.44. The van der Waals surface area contributed by atoms with Gasteiger partial charge in [-0.25, -0.2) is 0 Å². The molecule has 22 heavy (non-hydrogen) atoms. The van der Waals surface area contributed by atoms with Gasteiger partial charge in [-0.15, -0.1) is 0 Å². The van der Waals surface area contributed by atoms with Crippen LogP contribution in [-0.4, -0.2) is 23.0 Å². The largest absolute Gasteiger partial charge is 0.399 e. The van der Waals surface area contributed by atoms with Gasteiger partial charge in [-0.05, 0) is 80.6 Å².